The molecule has 1 aromatic carbocycles. The molecular weight excluding hydrogens is 203 g/mol. The van der Waals surface area contributed by atoms with E-state index in [2.05, 4.69) is 12.2 Å². The molecule has 2 atom stereocenters. The fourth-order valence-electron chi connectivity index (χ4n) is 1.85. The molecule has 2 nitrogen and oxygen atoms in total. The first-order valence-corrected chi connectivity index (χ1v) is 5.60. The van der Waals surface area contributed by atoms with Gasteiger partial charge in [-0.15, -0.1) is 0 Å². The van der Waals surface area contributed by atoms with E-state index in [1.165, 1.54) is 12.5 Å². The SMILES string of the molecule is CC1CC1CNCc1ccc(F)c(C#N)c1. The molecule has 0 amide bonds. The second-order valence-electron chi connectivity index (χ2n) is 4.53. The van der Waals surface area contributed by atoms with Crippen LogP contribution in [-0.2, 0) is 6.54 Å². The lowest BCUT2D eigenvalue weighted by atomic mass is 10.1. The zero-order valence-electron chi connectivity index (χ0n) is 9.33. The predicted octanol–water partition coefficient (Wildman–Crippen LogP) is 2.44. The van der Waals surface area contributed by atoms with Crippen molar-refractivity contribution in [2.45, 2.75) is 19.9 Å². The molecule has 0 saturated heterocycles. The minimum atomic E-state index is -0.443. The van der Waals surface area contributed by atoms with Gasteiger partial charge in [0.1, 0.15) is 11.9 Å². The van der Waals surface area contributed by atoms with Crippen LogP contribution in [0.1, 0.15) is 24.5 Å². The highest BCUT2D eigenvalue weighted by molar-refractivity contribution is 5.34. The molecule has 2 rings (SSSR count). The van der Waals surface area contributed by atoms with E-state index in [9.17, 15) is 4.39 Å². The van der Waals surface area contributed by atoms with E-state index < -0.39 is 5.82 Å². The number of hydrogen-bond donors (Lipinski definition) is 1. The summed E-state index contributed by atoms with van der Waals surface area (Å²) in [6.07, 6.45) is 1.31. The second-order valence-corrected chi connectivity index (χ2v) is 4.53. The van der Waals surface area contributed by atoms with Crippen LogP contribution in [0.15, 0.2) is 18.2 Å². The molecule has 2 unspecified atom stereocenters. The summed E-state index contributed by atoms with van der Waals surface area (Å²) >= 11 is 0. The van der Waals surface area contributed by atoms with Gasteiger partial charge >= 0.3 is 0 Å². The molecule has 1 saturated carbocycles. The highest BCUT2D eigenvalue weighted by Crippen LogP contribution is 2.36. The van der Waals surface area contributed by atoms with Crippen LogP contribution in [0, 0.1) is 29.0 Å². The lowest BCUT2D eigenvalue weighted by Gasteiger charge is -2.04. The molecule has 1 N–H and O–H groups in total. The third kappa shape index (κ3) is 2.59. The Hall–Kier alpha value is -1.40. The standard InChI is InChI=1S/C13H15FN2/c1-9-4-12(9)8-16-7-10-2-3-13(14)11(5-10)6-15/h2-3,5,9,12,16H,4,7-8H2,1H3. The van der Waals surface area contributed by atoms with E-state index in [-0.39, 0.29) is 5.56 Å². The number of benzene rings is 1. The summed E-state index contributed by atoms with van der Waals surface area (Å²) in [6, 6.07) is 6.54. The Balaban J connectivity index is 1.87. The molecule has 0 aliphatic heterocycles. The van der Waals surface area contributed by atoms with Gasteiger partial charge in [-0.1, -0.05) is 13.0 Å². The molecule has 0 spiro atoms. The van der Waals surface area contributed by atoms with Gasteiger partial charge in [0.2, 0.25) is 0 Å². The summed E-state index contributed by atoms with van der Waals surface area (Å²) in [6.45, 7) is 3.97. The molecule has 1 fully saturated rings. The van der Waals surface area contributed by atoms with Crippen molar-refractivity contribution in [3.05, 3.63) is 35.1 Å². The van der Waals surface area contributed by atoms with Gasteiger partial charge in [0, 0.05) is 6.54 Å². The van der Waals surface area contributed by atoms with Crippen molar-refractivity contribution in [3.63, 3.8) is 0 Å². The smallest absolute Gasteiger partial charge is 0.140 e. The van der Waals surface area contributed by atoms with Crippen LogP contribution in [0.3, 0.4) is 0 Å². The lowest BCUT2D eigenvalue weighted by Crippen LogP contribution is -2.16. The minimum absolute atomic E-state index is 0.124. The van der Waals surface area contributed by atoms with Crippen molar-refractivity contribution in [1.29, 1.82) is 5.26 Å². The van der Waals surface area contributed by atoms with Crippen LogP contribution in [0.5, 0.6) is 0 Å². The van der Waals surface area contributed by atoms with Crippen molar-refractivity contribution in [1.82, 2.24) is 5.32 Å². The summed E-state index contributed by atoms with van der Waals surface area (Å²) < 4.78 is 13.0. The van der Waals surface area contributed by atoms with Crippen molar-refractivity contribution in [3.8, 4) is 6.07 Å². The molecule has 3 heteroatoms. The minimum Gasteiger partial charge on any atom is -0.312 e. The summed E-state index contributed by atoms with van der Waals surface area (Å²) in [4.78, 5) is 0. The normalized spacial score (nSPS) is 22.8. The van der Waals surface area contributed by atoms with Gasteiger partial charge in [-0.25, -0.2) is 4.39 Å². The first-order chi connectivity index (χ1) is 7.70. The fourth-order valence-corrected chi connectivity index (χ4v) is 1.85. The van der Waals surface area contributed by atoms with Crippen LogP contribution < -0.4 is 5.32 Å². The van der Waals surface area contributed by atoms with Crippen LogP contribution in [0.25, 0.3) is 0 Å². The van der Waals surface area contributed by atoms with Gasteiger partial charge in [0.25, 0.3) is 0 Å². The number of nitrogens with one attached hydrogen (secondary N) is 1. The number of rotatable bonds is 4. The average Bonchev–Trinajstić information content (AvgIpc) is 2.97. The zero-order chi connectivity index (χ0) is 11.5. The van der Waals surface area contributed by atoms with E-state index in [0.29, 0.717) is 6.54 Å². The van der Waals surface area contributed by atoms with Gasteiger partial charge in [-0.05, 0) is 42.5 Å². The zero-order valence-corrected chi connectivity index (χ0v) is 9.33. The maximum absolute atomic E-state index is 13.0. The Morgan fingerprint density at radius 3 is 2.94 bits per heavy atom. The van der Waals surface area contributed by atoms with Crippen LogP contribution in [0.4, 0.5) is 4.39 Å². The van der Waals surface area contributed by atoms with Crippen molar-refractivity contribution in [2.75, 3.05) is 6.54 Å². The monoisotopic (exact) mass is 218 g/mol. The van der Waals surface area contributed by atoms with Crippen LogP contribution in [0.2, 0.25) is 0 Å². The van der Waals surface area contributed by atoms with Crippen molar-refractivity contribution < 1.29 is 4.39 Å². The molecule has 16 heavy (non-hydrogen) atoms. The highest BCUT2D eigenvalue weighted by Gasteiger charge is 2.31. The molecule has 0 radical (unpaired) electrons. The maximum Gasteiger partial charge on any atom is 0.140 e. The fraction of sp³-hybridized carbons (Fsp3) is 0.462. The summed E-state index contributed by atoms with van der Waals surface area (Å²) in [5.74, 6) is 1.20. The van der Waals surface area contributed by atoms with Gasteiger partial charge in [0.15, 0.2) is 0 Å². The van der Waals surface area contributed by atoms with Gasteiger partial charge in [-0.3, -0.25) is 0 Å². The quantitative estimate of drug-likeness (QED) is 0.842. The van der Waals surface area contributed by atoms with E-state index in [1.54, 1.807) is 12.1 Å². The van der Waals surface area contributed by atoms with Gasteiger partial charge < -0.3 is 5.32 Å². The van der Waals surface area contributed by atoms with Crippen LogP contribution >= 0.6 is 0 Å². The molecule has 0 bridgehead atoms. The first-order valence-electron chi connectivity index (χ1n) is 5.60. The third-order valence-electron chi connectivity index (χ3n) is 3.16. The molecule has 1 aromatic rings. The van der Waals surface area contributed by atoms with Crippen LogP contribution in [-0.4, -0.2) is 6.54 Å². The molecule has 1 aliphatic rings. The van der Waals surface area contributed by atoms with E-state index in [0.717, 1.165) is 23.9 Å². The first kappa shape index (κ1) is 11.1. The lowest BCUT2D eigenvalue weighted by molar-refractivity contribution is 0.605. The largest absolute Gasteiger partial charge is 0.312 e. The van der Waals surface area contributed by atoms with Crippen molar-refractivity contribution >= 4 is 0 Å². The van der Waals surface area contributed by atoms with E-state index >= 15 is 0 Å². The third-order valence-corrected chi connectivity index (χ3v) is 3.16. The average molecular weight is 218 g/mol. The molecule has 0 heterocycles. The number of nitriles is 1. The van der Waals surface area contributed by atoms with Crippen molar-refractivity contribution in [2.24, 2.45) is 11.8 Å². The topological polar surface area (TPSA) is 35.8 Å². The predicted molar refractivity (Wildman–Crippen MR) is 60.1 cm³/mol. The molecular formula is C13H15FN2. The number of nitrogens with zero attached hydrogens (tertiary/aromatic N) is 1. The van der Waals surface area contributed by atoms with E-state index in [1.807, 2.05) is 6.07 Å². The Morgan fingerprint density at radius 1 is 1.56 bits per heavy atom. The molecule has 0 aromatic heterocycles. The highest BCUT2D eigenvalue weighted by atomic mass is 19.1. The second kappa shape index (κ2) is 4.63. The summed E-state index contributed by atoms with van der Waals surface area (Å²) in [5, 5.41) is 12.0. The summed E-state index contributed by atoms with van der Waals surface area (Å²) in [7, 11) is 0. The Labute approximate surface area is 95.1 Å². The summed E-state index contributed by atoms with van der Waals surface area (Å²) in [5.41, 5.74) is 1.09. The Bertz CT molecular complexity index is 422. The molecule has 84 valence electrons. The number of hydrogen-bond acceptors (Lipinski definition) is 2. The maximum atomic E-state index is 13.0. The number of halogens is 1. The molecule has 1 aliphatic carbocycles. The van der Waals surface area contributed by atoms with E-state index in [4.69, 9.17) is 5.26 Å². The van der Waals surface area contributed by atoms with Gasteiger partial charge in [0.05, 0.1) is 5.56 Å². The Kier molecular flexibility index (Phi) is 3.21. The Morgan fingerprint density at radius 2 is 2.31 bits per heavy atom. The van der Waals surface area contributed by atoms with Gasteiger partial charge in [-0.2, -0.15) is 5.26 Å².